The Labute approximate surface area is 75.7 Å². The van der Waals surface area contributed by atoms with Crippen LogP contribution < -0.4 is 4.84 Å². The Hall–Kier alpha value is -1.95. The predicted octanol–water partition coefficient (Wildman–Crippen LogP) is 1.57. The summed E-state index contributed by atoms with van der Waals surface area (Å²) in [6.45, 7) is 0. The van der Waals surface area contributed by atoms with Crippen LogP contribution in [0.1, 0.15) is 5.56 Å². The Bertz CT molecular complexity index is 479. The van der Waals surface area contributed by atoms with Crippen molar-refractivity contribution in [3.63, 3.8) is 0 Å². The number of fused-ring (bicyclic) bond motifs is 1. The average molecular weight is 172 g/mol. The lowest BCUT2D eigenvalue weighted by molar-refractivity contribution is 0.179. The van der Waals surface area contributed by atoms with Gasteiger partial charge in [-0.05, 0) is 6.07 Å². The summed E-state index contributed by atoms with van der Waals surface area (Å²) in [5.74, 6) is 0. The number of aromatic nitrogens is 1. The third kappa shape index (κ3) is 1.04. The molecule has 0 unspecified atom stereocenters. The van der Waals surface area contributed by atoms with Crippen molar-refractivity contribution in [3.8, 4) is 6.07 Å². The van der Waals surface area contributed by atoms with Crippen LogP contribution in [-0.4, -0.2) is 11.8 Å². The van der Waals surface area contributed by atoms with Crippen molar-refractivity contribution in [3.05, 3.63) is 36.0 Å². The van der Waals surface area contributed by atoms with Crippen LogP contribution in [0.15, 0.2) is 30.5 Å². The average Bonchev–Trinajstić information content (AvgIpc) is 2.56. The fraction of sp³-hybridized carbons (Fsp3) is 0.100. The Morgan fingerprint density at radius 1 is 1.38 bits per heavy atom. The second kappa shape index (κ2) is 2.83. The third-order valence-electron chi connectivity index (χ3n) is 2.00. The molecule has 2 rings (SSSR count). The van der Waals surface area contributed by atoms with Gasteiger partial charge in [-0.2, -0.15) is 9.99 Å². The summed E-state index contributed by atoms with van der Waals surface area (Å²) in [4.78, 5) is 5.08. The minimum atomic E-state index is 0.637. The van der Waals surface area contributed by atoms with Gasteiger partial charge in [0.1, 0.15) is 13.2 Å². The molecule has 0 aliphatic heterocycles. The molecule has 2 aromatic rings. The molecule has 0 fully saturated rings. The highest BCUT2D eigenvalue weighted by Crippen LogP contribution is 2.18. The highest BCUT2D eigenvalue weighted by atomic mass is 16.6. The van der Waals surface area contributed by atoms with Gasteiger partial charge in [-0.3, -0.25) is 0 Å². The molecule has 0 amide bonds. The van der Waals surface area contributed by atoms with Crippen molar-refractivity contribution in [1.29, 1.82) is 5.26 Å². The van der Waals surface area contributed by atoms with Gasteiger partial charge in [-0.15, -0.1) is 0 Å². The van der Waals surface area contributed by atoms with Gasteiger partial charge in [-0.1, -0.05) is 18.2 Å². The number of para-hydroxylation sites is 1. The van der Waals surface area contributed by atoms with Gasteiger partial charge in [0.05, 0.1) is 17.3 Å². The molecule has 3 heteroatoms. The molecule has 0 aliphatic carbocycles. The van der Waals surface area contributed by atoms with E-state index in [1.165, 1.54) is 0 Å². The lowest BCUT2D eigenvalue weighted by atomic mass is 10.2. The molecule has 13 heavy (non-hydrogen) atoms. The lowest BCUT2D eigenvalue weighted by Gasteiger charge is -1.99. The normalized spacial score (nSPS) is 9.85. The van der Waals surface area contributed by atoms with Crippen LogP contribution in [0.5, 0.6) is 0 Å². The summed E-state index contributed by atoms with van der Waals surface area (Å²) >= 11 is 0. The van der Waals surface area contributed by atoms with Gasteiger partial charge in [0.15, 0.2) is 0 Å². The van der Waals surface area contributed by atoms with Crippen LogP contribution in [0.25, 0.3) is 10.9 Å². The molecule has 0 spiro atoms. The summed E-state index contributed by atoms with van der Waals surface area (Å²) in [7, 11) is 1.58. The minimum absolute atomic E-state index is 0.637. The van der Waals surface area contributed by atoms with E-state index in [9.17, 15) is 0 Å². The standard InChI is InChI=1S/C10H8N2O/c1-13-12-7-8(6-11)9-4-2-3-5-10(9)12/h2-5,7H,1H3. The first-order valence-corrected chi connectivity index (χ1v) is 3.91. The summed E-state index contributed by atoms with van der Waals surface area (Å²) < 4.78 is 1.59. The second-order valence-corrected chi connectivity index (χ2v) is 2.68. The number of hydrogen-bond donors (Lipinski definition) is 0. The highest BCUT2D eigenvalue weighted by molar-refractivity contribution is 5.85. The van der Waals surface area contributed by atoms with Crippen molar-refractivity contribution in [2.24, 2.45) is 0 Å². The SMILES string of the molecule is COn1cc(C#N)c2ccccc21. The van der Waals surface area contributed by atoms with E-state index in [0.717, 1.165) is 10.9 Å². The van der Waals surface area contributed by atoms with Crippen LogP contribution in [0.3, 0.4) is 0 Å². The third-order valence-corrected chi connectivity index (χ3v) is 2.00. The van der Waals surface area contributed by atoms with Crippen molar-refractivity contribution in [1.82, 2.24) is 4.73 Å². The van der Waals surface area contributed by atoms with E-state index in [1.54, 1.807) is 18.0 Å². The molecule has 0 atom stereocenters. The predicted molar refractivity (Wildman–Crippen MR) is 49.2 cm³/mol. The van der Waals surface area contributed by atoms with Gasteiger partial charge < -0.3 is 4.84 Å². The van der Waals surface area contributed by atoms with Gasteiger partial charge in [-0.25, -0.2) is 0 Å². The number of rotatable bonds is 1. The monoisotopic (exact) mass is 172 g/mol. The van der Waals surface area contributed by atoms with E-state index in [-0.39, 0.29) is 0 Å². The maximum atomic E-state index is 8.83. The maximum absolute atomic E-state index is 8.83. The van der Waals surface area contributed by atoms with E-state index in [2.05, 4.69) is 6.07 Å². The first kappa shape index (κ1) is 7.69. The van der Waals surface area contributed by atoms with E-state index in [4.69, 9.17) is 10.1 Å². The molecule has 1 aromatic carbocycles. The first-order valence-electron chi connectivity index (χ1n) is 3.91. The number of nitrogens with zero attached hydrogens (tertiary/aromatic N) is 2. The van der Waals surface area contributed by atoms with Gasteiger partial charge >= 0.3 is 0 Å². The van der Waals surface area contributed by atoms with Crippen molar-refractivity contribution < 1.29 is 4.84 Å². The Kier molecular flexibility index (Phi) is 1.67. The first-order chi connectivity index (χ1) is 6.36. The van der Waals surface area contributed by atoms with Crippen LogP contribution in [0, 0.1) is 11.3 Å². The quantitative estimate of drug-likeness (QED) is 0.654. The number of benzene rings is 1. The maximum Gasteiger partial charge on any atom is 0.104 e. The highest BCUT2D eigenvalue weighted by Gasteiger charge is 2.06. The zero-order valence-corrected chi connectivity index (χ0v) is 7.19. The molecule has 0 saturated carbocycles. The largest absolute Gasteiger partial charge is 0.417 e. The zero-order valence-electron chi connectivity index (χ0n) is 7.19. The fourth-order valence-corrected chi connectivity index (χ4v) is 1.39. The summed E-state index contributed by atoms with van der Waals surface area (Å²) in [5, 5.41) is 9.75. The molecule has 0 saturated heterocycles. The topological polar surface area (TPSA) is 38.0 Å². The van der Waals surface area contributed by atoms with Crippen molar-refractivity contribution in [2.45, 2.75) is 0 Å². The van der Waals surface area contributed by atoms with E-state index >= 15 is 0 Å². The molecular formula is C10H8N2O. The van der Waals surface area contributed by atoms with E-state index in [0.29, 0.717) is 5.56 Å². The van der Waals surface area contributed by atoms with Crippen LogP contribution >= 0.6 is 0 Å². The number of nitriles is 1. The lowest BCUT2D eigenvalue weighted by Crippen LogP contribution is -2.02. The summed E-state index contributed by atoms with van der Waals surface area (Å²) in [5.41, 5.74) is 1.55. The smallest absolute Gasteiger partial charge is 0.104 e. The zero-order chi connectivity index (χ0) is 9.26. The Balaban J connectivity index is 2.84. The second-order valence-electron chi connectivity index (χ2n) is 2.68. The molecule has 1 aromatic heterocycles. The molecule has 3 nitrogen and oxygen atoms in total. The van der Waals surface area contributed by atoms with Gasteiger partial charge in [0.2, 0.25) is 0 Å². The number of hydrogen-bond acceptors (Lipinski definition) is 2. The van der Waals surface area contributed by atoms with Gasteiger partial charge in [0, 0.05) is 5.39 Å². The van der Waals surface area contributed by atoms with E-state index in [1.807, 2.05) is 24.3 Å². The van der Waals surface area contributed by atoms with Crippen LogP contribution in [0.2, 0.25) is 0 Å². The molecule has 0 N–H and O–H groups in total. The molecule has 0 aliphatic rings. The molecular weight excluding hydrogens is 164 g/mol. The van der Waals surface area contributed by atoms with Gasteiger partial charge in [0.25, 0.3) is 0 Å². The summed E-state index contributed by atoms with van der Waals surface area (Å²) in [6.07, 6.45) is 1.69. The van der Waals surface area contributed by atoms with Crippen molar-refractivity contribution in [2.75, 3.05) is 7.11 Å². The van der Waals surface area contributed by atoms with Crippen molar-refractivity contribution >= 4 is 10.9 Å². The van der Waals surface area contributed by atoms with E-state index < -0.39 is 0 Å². The minimum Gasteiger partial charge on any atom is -0.417 e. The fourth-order valence-electron chi connectivity index (χ4n) is 1.39. The Morgan fingerprint density at radius 2 is 2.15 bits per heavy atom. The molecule has 64 valence electrons. The Morgan fingerprint density at radius 3 is 2.85 bits per heavy atom. The molecule has 0 radical (unpaired) electrons. The molecule has 0 bridgehead atoms. The van der Waals surface area contributed by atoms with Crippen LogP contribution in [-0.2, 0) is 0 Å². The molecule has 1 heterocycles. The summed E-state index contributed by atoms with van der Waals surface area (Å²) in [6, 6.07) is 9.77. The van der Waals surface area contributed by atoms with Crippen LogP contribution in [0.4, 0.5) is 0 Å².